The summed E-state index contributed by atoms with van der Waals surface area (Å²) < 4.78 is 4.98. The molecular formula is C19H17N3O4S. The number of carbonyl (C=O) groups excluding carboxylic acids is 3. The van der Waals surface area contributed by atoms with Gasteiger partial charge in [0.15, 0.2) is 5.76 Å². The van der Waals surface area contributed by atoms with Gasteiger partial charge in [0.05, 0.1) is 11.1 Å². The minimum Gasteiger partial charge on any atom is -0.459 e. The first-order valence-electron chi connectivity index (χ1n) is 8.18. The number of rotatable bonds is 7. The molecule has 3 amide bonds. The van der Waals surface area contributed by atoms with Gasteiger partial charge < -0.3 is 20.4 Å². The zero-order valence-corrected chi connectivity index (χ0v) is 15.0. The van der Waals surface area contributed by atoms with Gasteiger partial charge in [0.1, 0.15) is 0 Å². The highest BCUT2D eigenvalue weighted by molar-refractivity contribution is 7.12. The normalized spacial score (nSPS) is 10.2. The zero-order valence-electron chi connectivity index (χ0n) is 14.2. The molecule has 0 aliphatic heterocycles. The Bertz CT molecular complexity index is 903. The van der Waals surface area contributed by atoms with Crippen molar-refractivity contribution in [1.82, 2.24) is 10.6 Å². The maximum atomic E-state index is 12.1. The molecule has 2 aromatic heterocycles. The summed E-state index contributed by atoms with van der Waals surface area (Å²) in [6.45, 7) is 0.558. The molecule has 0 atom stereocenters. The van der Waals surface area contributed by atoms with Gasteiger partial charge in [0, 0.05) is 24.3 Å². The van der Waals surface area contributed by atoms with E-state index in [1.807, 2.05) is 11.4 Å². The number of carbonyl (C=O) groups is 3. The molecule has 0 unspecified atom stereocenters. The third kappa shape index (κ3) is 5.05. The number of nitrogens with one attached hydrogen (secondary N) is 3. The molecule has 0 bridgehead atoms. The molecule has 2 heterocycles. The molecule has 0 fully saturated rings. The summed E-state index contributed by atoms with van der Waals surface area (Å²) in [5.74, 6) is -0.561. The van der Waals surface area contributed by atoms with Crippen LogP contribution in [0.1, 0.15) is 30.6 Å². The smallest absolute Gasteiger partial charge is 0.287 e. The third-order valence-electron chi connectivity index (χ3n) is 3.59. The van der Waals surface area contributed by atoms with Crippen LogP contribution in [0, 0.1) is 0 Å². The van der Waals surface area contributed by atoms with Gasteiger partial charge in [-0.15, -0.1) is 11.3 Å². The van der Waals surface area contributed by atoms with Gasteiger partial charge in [-0.05, 0) is 47.8 Å². The summed E-state index contributed by atoms with van der Waals surface area (Å²) in [5.41, 5.74) is 1.07. The molecule has 27 heavy (non-hydrogen) atoms. The predicted molar refractivity (Wildman–Crippen MR) is 102 cm³/mol. The summed E-state index contributed by atoms with van der Waals surface area (Å²) in [6, 6.07) is 13.3. The van der Waals surface area contributed by atoms with Crippen molar-refractivity contribution in [1.29, 1.82) is 0 Å². The van der Waals surface area contributed by atoms with Gasteiger partial charge in [0.2, 0.25) is 0 Å². The maximum absolute atomic E-state index is 12.1. The molecule has 0 saturated carbocycles. The van der Waals surface area contributed by atoms with E-state index in [1.165, 1.54) is 17.6 Å². The van der Waals surface area contributed by atoms with Crippen LogP contribution in [0.2, 0.25) is 0 Å². The lowest BCUT2D eigenvalue weighted by Crippen LogP contribution is -2.34. The van der Waals surface area contributed by atoms with E-state index in [-0.39, 0.29) is 36.6 Å². The van der Waals surface area contributed by atoms with E-state index in [2.05, 4.69) is 16.0 Å². The fourth-order valence-corrected chi connectivity index (χ4v) is 2.87. The average molecular weight is 383 g/mol. The van der Waals surface area contributed by atoms with Crippen molar-refractivity contribution in [2.24, 2.45) is 0 Å². The van der Waals surface area contributed by atoms with Gasteiger partial charge in [0.25, 0.3) is 17.7 Å². The quantitative estimate of drug-likeness (QED) is 0.546. The molecular weight excluding hydrogens is 366 g/mol. The van der Waals surface area contributed by atoms with Crippen LogP contribution in [0.5, 0.6) is 0 Å². The van der Waals surface area contributed by atoms with Crippen LogP contribution in [0.15, 0.2) is 64.6 Å². The van der Waals surface area contributed by atoms with E-state index in [0.29, 0.717) is 16.1 Å². The summed E-state index contributed by atoms with van der Waals surface area (Å²) in [5, 5.41) is 9.96. The van der Waals surface area contributed by atoms with Crippen LogP contribution in [0.3, 0.4) is 0 Å². The van der Waals surface area contributed by atoms with Crippen molar-refractivity contribution in [2.75, 3.05) is 18.4 Å². The van der Waals surface area contributed by atoms with Crippen LogP contribution in [0.25, 0.3) is 0 Å². The van der Waals surface area contributed by atoms with Crippen LogP contribution in [-0.2, 0) is 0 Å². The Morgan fingerprint density at radius 3 is 2.22 bits per heavy atom. The highest BCUT2D eigenvalue weighted by Gasteiger charge is 2.10. The molecule has 0 spiro atoms. The second kappa shape index (κ2) is 8.81. The largest absolute Gasteiger partial charge is 0.459 e. The van der Waals surface area contributed by atoms with Gasteiger partial charge in [-0.1, -0.05) is 6.07 Å². The standard InChI is InChI=1S/C19H17N3O4S/c23-17(20-9-10-21-18(24)15-3-1-11-26-15)13-5-7-14(8-6-13)22-19(25)16-4-2-12-27-16/h1-8,11-12H,9-10H2,(H,20,23)(H,21,24)(H,22,25). The molecule has 0 aliphatic carbocycles. The topological polar surface area (TPSA) is 100 Å². The van der Waals surface area contributed by atoms with Crippen LogP contribution in [-0.4, -0.2) is 30.8 Å². The first-order valence-corrected chi connectivity index (χ1v) is 9.06. The van der Waals surface area contributed by atoms with E-state index in [1.54, 1.807) is 42.5 Å². The Labute approximate surface area is 159 Å². The monoisotopic (exact) mass is 383 g/mol. The second-order valence-corrected chi connectivity index (χ2v) is 6.45. The summed E-state index contributed by atoms with van der Waals surface area (Å²) in [4.78, 5) is 36.4. The van der Waals surface area contributed by atoms with Gasteiger partial charge in [-0.2, -0.15) is 0 Å². The minimum absolute atomic E-state index is 0.186. The fourth-order valence-electron chi connectivity index (χ4n) is 2.25. The lowest BCUT2D eigenvalue weighted by atomic mass is 10.2. The third-order valence-corrected chi connectivity index (χ3v) is 4.46. The number of thiophene rings is 1. The number of hydrogen-bond acceptors (Lipinski definition) is 5. The van der Waals surface area contributed by atoms with E-state index >= 15 is 0 Å². The number of furan rings is 1. The van der Waals surface area contributed by atoms with E-state index in [0.717, 1.165) is 0 Å². The molecule has 0 saturated heterocycles. The molecule has 3 N–H and O–H groups in total. The average Bonchev–Trinajstić information content (AvgIpc) is 3.39. The Morgan fingerprint density at radius 1 is 0.852 bits per heavy atom. The minimum atomic E-state index is -0.333. The highest BCUT2D eigenvalue weighted by Crippen LogP contribution is 2.14. The first kappa shape index (κ1) is 18.4. The summed E-state index contributed by atoms with van der Waals surface area (Å²) in [7, 11) is 0. The fraction of sp³-hybridized carbons (Fsp3) is 0.105. The molecule has 3 aromatic rings. The van der Waals surface area contributed by atoms with E-state index in [4.69, 9.17) is 4.42 Å². The number of benzene rings is 1. The Kier molecular flexibility index (Phi) is 6.01. The van der Waals surface area contributed by atoms with Crippen molar-refractivity contribution in [3.63, 3.8) is 0 Å². The molecule has 1 aromatic carbocycles. The SMILES string of the molecule is O=C(NCCNC(=O)c1ccco1)c1ccc(NC(=O)c2cccs2)cc1. The van der Waals surface area contributed by atoms with Gasteiger partial charge in [-0.3, -0.25) is 14.4 Å². The Hall–Kier alpha value is -3.39. The Balaban J connectivity index is 1.43. The van der Waals surface area contributed by atoms with Crippen molar-refractivity contribution < 1.29 is 18.8 Å². The Morgan fingerprint density at radius 2 is 1.59 bits per heavy atom. The maximum Gasteiger partial charge on any atom is 0.287 e. The van der Waals surface area contributed by atoms with E-state index < -0.39 is 0 Å². The molecule has 0 aliphatic rings. The lowest BCUT2D eigenvalue weighted by molar-refractivity contribution is 0.0910. The van der Waals surface area contributed by atoms with Gasteiger partial charge in [-0.25, -0.2) is 0 Å². The van der Waals surface area contributed by atoms with Crippen molar-refractivity contribution >= 4 is 34.7 Å². The van der Waals surface area contributed by atoms with Crippen LogP contribution in [0.4, 0.5) is 5.69 Å². The molecule has 7 nitrogen and oxygen atoms in total. The molecule has 0 radical (unpaired) electrons. The number of hydrogen-bond donors (Lipinski definition) is 3. The van der Waals surface area contributed by atoms with Crippen molar-refractivity contribution in [2.45, 2.75) is 0 Å². The van der Waals surface area contributed by atoms with Crippen molar-refractivity contribution in [3.05, 3.63) is 76.4 Å². The second-order valence-electron chi connectivity index (χ2n) is 5.50. The molecule has 3 rings (SSSR count). The first-order chi connectivity index (χ1) is 13.1. The molecule has 8 heteroatoms. The van der Waals surface area contributed by atoms with Gasteiger partial charge >= 0.3 is 0 Å². The zero-order chi connectivity index (χ0) is 19.1. The number of anilines is 1. The summed E-state index contributed by atoms with van der Waals surface area (Å²) in [6.07, 6.45) is 1.42. The molecule has 138 valence electrons. The number of amides is 3. The lowest BCUT2D eigenvalue weighted by Gasteiger charge is -2.08. The van der Waals surface area contributed by atoms with E-state index in [9.17, 15) is 14.4 Å². The van der Waals surface area contributed by atoms with Crippen molar-refractivity contribution in [3.8, 4) is 0 Å². The predicted octanol–water partition coefficient (Wildman–Crippen LogP) is 2.75. The van der Waals surface area contributed by atoms with Crippen LogP contribution >= 0.6 is 11.3 Å². The van der Waals surface area contributed by atoms with Crippen LogP contribution < -0.4 is 16.0 Å². The summed E-state index contributed by atoms with van der Waals surface area (Å²) >= 11 is 1.36. The highest BCUT2D eigenvalue weighted by atomic mass is 32.1.